The van der Waals surface area contributed by atoms with Crippen LogP contribution in [0.3, 0.4) is 0 Å². The number of oxazole rings is 1. The molecule has 1 fully saturated rings. The fourth-order valence-corrected chi connectivity index (χ4v) is 3.10. The normalized spacial score (nSPS) is 17.4. The molecule has 25 heavy (non-hydrogen) atoms. The summed E-state index contributed by atoms with van der Waals surface area (Å²) in [5, 5.41) is 9.65. The SMILES string of the molecule is O=C(O)[C@H]1CC(=O)N(c2ccc(-c3nc4cc(Cl)ccc4o3)cc2)C1. The zero-order valence-corrected chi connectivity index (χ0v) is 13.7. The second-order valence-electron chi connectivity index (χ2n) is 5.92. The third-order valence-electron chi connectivity index (χ3n) is 4.25. The first kappa shape index (κ1) is 15.7. The third kappa shape index (κ3) is 2.85. The topological polar surface area (TPSA) is 83.6 Å². The van der Waals surface area contributed by atoms with E-state index in [1.165, 1.54) is 4.90 Å². The summed E-state index contributed by atoms with van der Waals surface area (Å²) in [7, 11) is 0. The number of rotatable bonds is 3. The van der Waals surface area contributed by atoms with Crippen molar-refractivity contribution in [1.82, 2.24) is 4.98 Å². The molecule has 1 N–H and O–H groups in total. The van der Waals surface area contributed by atoms with Gasteiger partial charge < -0.3 is 14.4 Å². The average Bonchev–Trinajstić information content (AvgIpc) is 3.18. The fraction of sp³-hybridized carbons (Fsp3) is 0.167. The van der Waals surface area contributed by atoms with Gasteiger partial charge in [0.2, 0.25) is 11.8 Å². The highest BCUT2D eigenvalue weighted by Crippen LogP contribution is 2.30. The smallest absolute Gasteiger partial charge is 0.308 e. The minimum Gasteiger partial charge on any atom is -0.481 e. The van der Waals surface area contributed by atoms with Crippen LogP contribution in [0.4, 0.5) is 5.69 Å². The van der Waals surface area contributed by atoms with Crippen molar-refractivity contribution in [3.63, 3.8) is 0 Å². The first-order chi connectivity index (χ1) is 12.0. The number of hydrogen-bond acceptors (Lipinski definition) is 4. The summed E-state index contributed by atoms with van der Waals surface area (Å²) < 4.78 is 5.72. The van der Waals surface area contributed by atoms with Gasteiger partial charge in [0.05, 0.1) is 5.92 Å². The lowest BCUT2D eigenvalue weighted by atomic mass is 10.1. The van der Waals surface area contributed by atoms with E-state index in [1.807, 2.05) is 0 Å². The van der Waals surface area contributed by atoms with Crippen molar-refractivity contribution in [1.29, 1.82) is 0 Å². The molecular weight excluding hydrogens is 344 g/mol. The molecule has 0 bridgehead atoms. The van der Waals surface area contributed by atoms with E-state index in [9.17, 15) is 9.59 Å². The average molecular weight is 357 g/mol. The largest absolute Gasteiger partial charge is 0.481 e. The lowest BCUT2D eigenvalue weighted by Crippen LogP contribution is -2.25. The molecule has 0 aliphatic carbocycles. The lowest BCUT2D eigenvalue weighted by Gasteiger charge is -2.16. The Labute approximate surface area is 147 Å². The monoisotopic (exact) mass is 356 g/mol. The number of aromatic nitrogens is 1. The summed E-state index contributed by atoms with van der Waals surface area (Å²) in [6.07, 6.45) is 0.0307. The first-order valence-electron chi connectivity index (χ1n) is 7.71. The second-order valence-corrected chi connectivity index (χ2v) is 6.36. The standard InChI is InChI=1S/C18H13ClN2O4/c19-12-3-6-15-14(8-12)20-17(25-15)10-1-4-13(5-2-10)21-9-11(18(23)24)7-16(21)22/h1-6,8,11H,7,9H2,(H,23,24)/t11-/m0/s1. The number of amides is 1. The number of aliphatic carboxylic acids is 1. The van der Waals surface area contributed by atoms with Gasteiger partial charge in [-0.2, -0.15) is 0 Å². The van der Waals surface area contributed by atoms with Crippen molar-refractivity contribution in [3.8, 4) is 11.5 Å². The van der Waals surface area contributed by atoms with E-state index in [0.29, 0.717) is 27.7 Å². The molecule has 0 radical (unpaired) electrons. The highest BCUT2D eigenvalue weighted by molar-refractivity contribution is 6.31. The van der Waals surface area contributed by atoms with Gasteiger partial charge in [0.15, 0.2) is 5.58 Å². The molecule has 6 nitrogen and oxygen atoms in total. The van der Waals surface area contributed by atoms with Gasteiger partial charge in [0.1, 0.15) is 5.52 Å². The van der Waals surface area contributed by atoms with Crippen LogP contribution < -0.4 is 4.90 Å². The van der Waals surface area contributed by atoms with Gasteiger partial charge >= 0.3 is 5.97 Å². The van der Waals surface area contributed by atoms with Crippen LogP contribution in [0.15, 0.2) is 46.9 Å². The van der Waals surface area contributed by atoms with E-state index >= 15 is 0 Å². The zero-order valence-electron chi connectivity index (χ0n) is 13.0. The van der Waals surface area contributed by atoms with Crippen LogP contribution in [-0.4, -0.2) is 28.5 Å². The first-order valence-corrected chi connectivity index (χ1v) is 8.09. The minimum atomic E-state index is -0.947. The Morgan fingerprint density at radius 3 is 2.68 bits per heavy atom. The Morgan fingerprint density at radius 1 is 1.24 bits per heavy atom. The molecule has 1 aliphatic heterocycles. The van der Waals surface area contributed by atoms with Gasteiger partial charge in [0.25, 0.3) is 0 Å². The van der Waals surface area contributed by atoms with Crippen LogP contribution in [0.1, 0.15) is 6.42 Å². The van der Waals surface area contributed by atoms with E-state index in [0.717, 1.165) is 5.56 Å². The van der Waals surface area contributed by atoms with Crippen molar-refractivity contribution in [2.45, 2.75) is 6.42 Å². The van der Waals surface area contributed by atoms with E-state index in [-0.39, 0.29) is 18.9 Å². The quantitative estimate of drug-likeness (QED) is 0.775. The maximum atomic E-state index is 12.0. The second kappa shape index (κ2) is 5.89. The van der Waals surface area contributed by atoms with Crippen LogP contribution >= 0.6 is 11.6 Å². The molecule has 1 aliphatic rings. The summed E-state index contributed by atoms with van der Waals surface area (Å²) in [6, 6.07) is 12.3. The number of carboxylic acids is 1. The Bertz CT molecular complexity index is 980. The number of carbonyl (C=O) groups is 2. The van der Waals surface area contributed by atoms with E-state index in [1.54, 1.807) is 42.5 Å². The predicted octanol–water partition coefficient (Wildman–Crippen LogP) is 3.59. The number of carbonyl (C=O) groups excluding carboxylic acids is 1. The number of carboxylic acid groups (broad SMARTS) is 1. The van der Waals surface area contributed by atoms with Gasteiger partial charge in [0, 0.05) is 29.2 Å². The minimum absolute atomic E-state index is 0.0307. The number of fused-ring (bicyclic) bond motifs is 1. The maximum absolute atomic E-state index is 12.0. The highest BCUT2D eigenvalue weighted by atomic mass is 35.5. The van der Waals surface area contributed by atoms with Gasteiger partial charge in [-0.05, 0) is 42.5 Å². The Morgan fingerprint density at radius 2 is 2.00 bits per heavy atom. The Hall–Kier alpha value is -2.86. The summed E-state index contributed by atoms with van der Waals surface area (Å²) in [6.45, 7) is 0.189. The van der Waals surface area contributed by atoms with E-state index < -0.39 is 11.9 Å². The zero-order chi connectivity index (χ0) is 17.6. The molecule has 1 atom stereocenters. The number of hydrogen-bond donors (Lipinski definition) is 1. The molecule has 2 heterocycles. The third-order valence-corrected chi connectivity index (χ3v) is 4.48. The lowest BCUT2D eigenvalue weighted by molar-refractivity contribution is -0.141. The van der Waals surface area contributed by atoms with Crippen LogP contribution in [0, 0.1) is 5.92 Å². The van der Waals surface area contributed by atoms with Gasteiger partial charge in [-0.25, -0.2) is 4.98 Å². The molecule has 1 aromatic heterocycles. The van der Waals surface area contributed by atoms with Gasteiger partial charge in [-0.15, -0.1) is 0 Å². The number of benzene rings is 2. The van der Waals surface area contributed by atoms with Crippen LogP contribution in [0.25, 0.3) is 22.6 Å². The van der Waals surface area contributed by atoms with Crippen LogP contribution in [-0.2, 0) is 9.59 Å². The predicted molar refractivity (Wildman–Crippen MR) is 92.6 cm³/mol. The van der Waals surface area contributed by atoms with Crippen molar-refractivity contribution in [2.75, 3.05) is 11.4 Å². The molecule has 0 unspecified atom stereocenters. The summed E-state index contributed by atoms with van der Waals surface area (Å²) >= 11 is 5.95. The highest BCUT2D eigenvalue weighted by Gasteiger charge is 2.35. The van der Waals surface area contributed by atoms with Crippen molar-refractivity contribution < 1.29 is 19.1 Å². The van der Waals surface area contributed by atoms with Crippen molar-refractivity contribution in [3.05, 3.63) is 47.5 Å². The maximum Gasteiger partial charge on any atom is 0.308 e. The molecule has 3 aromatic rings. The molecule has 0 saturated carbocycles. The Kier molecular flexibility index (Phi) is 3.69. The van der Waals surface area contributed by atoms with Crippen LogP contribution in [0.5, 0.6) is 0 Å². The van der Waals surface area contributed by atoms with E-state index in [2.05, 4.69) is 4.98 Å². The number of nitrogens with zero attached hydrogens (tertiary/aromatic N) is 2. The van der Waals surface area contributed by atoms with Crippen molar-refractivity contribution in [2.24, 2.45) is 5.92 Å². The summed E-state index contributed by atoms with van der Waals surface area (Å²) in [5.41, 5.74) is 2.74. The summed E-state index contributed by atoms with van der Waals surface area (Å²) in [5.74, 6) is -1.33. The van der Waals surface area contributed by atoms with E-state index in [4.69, 9.17) is 21.1 Å². The number of halogens is 1. The molecule has 7 heteroatoms. The molecule has 126 valence electrons. The van der Waals surface area contributed by atoms with Crippen LogP contribution in [0.2, 0.25) is 5.02 Å². The van der Waals surface area contributed by atoms with Gasteiger partial charge in [-0.3, -0.25) is 9.59 Å². The number of anilines is 1. The fourth-order valence-electron chi connectivity index (χ4n) is 2.93. The molecule has 1 saturated heterocycles. The van der Waals surface area contributed by atoms with Gasteiger partial charge in [-0.1, -0.05) is 11.6 Å². The van der Waals surface area contributed by atoms with Crippen molar-refractivity contribution >= 4 is 40.3 Å². The molecular formula is C18H13ClN2O4. The molecule has 2 aromatic carbocycles. The summed E-state index contributed by atoms with van der Waals surface area (Å²) in [4.78, 5) is 29.0. The Balaban J connectivity index is 1.61. The molecule has 4 rings (SSSR count). The molecule has 0 spiro atoms. The molecule has 1 amide bonds.